The Hall–Kier alpha value is -0.0800. The van der Waals surface area contributed by atoms with E-state index in [4.69, 9.17) is 9.47 Å². The minimum Gasteiger partial charge on any atom is -0.353 e. The van der Waals surface area contributed by atoms with Crippen LogP contribution in [0.3, 0.4) is 0 Å². The monoisotopic (exact) mass is 128 g/mol. The van der Waals surface area contributed by atoms with Gasteiger partial charge in [-0.05, 0) is 26.2 Å². The molecule has 1 fully saturated rings. The van der Waals surface area contributed by atoms with Crippen LogP contribution in [0.5, 0.6) is 0 Å². The average molecular weight is 128 g/mol. The van der Waals surface area contributed by atoms with Gasteiger partial charge in [0.05, 0.1) is 0 Å². The summed E-state index contributed by atoms with van der Waals surface area (Å²) in [5, 5.41) is 0. The van der Waals surface area contributed by atoms with Crippen molar-refractivity contribution in [1.29, 1.82) is 0 Å². The van der Waals surface area contributed by atoms with E-state index in [1.165, 1.54) is 0 Å². The van der Waals surface area contributed by atoms with Crippen molar-refractivity contribution in [2.75, 3.05) is 6.61 Å². The molecule has 0 aromatic carbocycles. The molecular formula is C7H12O2. The van der Waals surface area contributed by atoms with Gasteiger partial charge >= 0.3 is 0 Å². The lowest BCUT2D eigenvalue weighted by molar-refractivity contribution is -0.136. The number of rotatable bonds is 2. The van der Waals surface area contributed by atoms with Crippen molar-refractivity contribution in [2.24, 2.45) is 0 Å². The molecule has 0 N–H and O–H groups in total. The Labute approximate surface area is 56.2 Å². The second kappa shape index (κ2) is 3.85. The third-order valence-electron chi connectivity index (χ3n) is 1.29. The molecule has 2 heteroatoms. The van der Waals surface area contributed by atoms with E-state index < -0.39 is 0 Å². The summed E-state index contributed by atoms with van der Waals surface area (Å²) in [5.74, 6) is 0. The molecule has 0 bridgehead atoms. The fourth-order valence-electron chi connectivity index (χ4n) is 0.855. The van der Waals surface area contributed by atoms with Crippen molar-refractivity contribution in [3.63, 3.8) is 0 Å². The van der Waals surface area contributed by atoms with E-state index in [2.05, 4.69) is 6.61 Å². The van der Waals surface area contributed by atoms with Gasteiger partial charge in [-0.25, -0.2) is 0 Å². The molecular weight excluding hydrogens is 116 g/mol. The van der Waals surface area contributed by atoms with Gasteiger partial charge < -0.3 is 9.47 Å². The van der Waals surface area contributed by atoms with Crippen molar-refractivity contribution in [1.82, 2.24) is 0 Å². The van der Waals surface area contributed by atoms with Crippen LogP contribution >= 0.6 is 0 Å². The molecule has 52 valence electrons. The topological polar surface area (TPSA) is 18.5 Å². The van der Waals surface area contributed by atoms with Gasteiger partial charge in [0.25, 0.3) is 0 Å². The van der Waals surface area contributed by atoms with Crippen molar-refractivity contribution in [3.05, 3.63) is 6.61 Å². The Bertz CT molecular complexity index is 64.6. The van der Waals surface area contributed by atoms with E-state index in [9.17, 15) is 0 Å². The lowest BCUT2D eigenvalue weighted by atomic mass is 10.2. The molecule has 1 unspecified atom stereocenters. The number of hydrogen-bond donors (Lipinski definition) is 0. The van der Waals surface area contributed by atoms with Crippen LogP contribution in [0.25, 0.3) is 0 Å². The van der Waals surface area contributed by atoms with Crippen LogP contribution in [0.15, 0.2) is 0 Å². The van der Waals surface area contributed by atoms with Gasteiger partial charge in [-0.1, -0.05) is 0 Å². The van der Waals surface area contributed by atoms with Gasteiger partial charge in [0, 0.05) is 6.61 Å². The maximum Gasteiger partial charge on any atom is 0.158 e. The quantitative estimate of drug-likeness (QED) is 0.562. The smallest absolute Gasteiger partial charge is 0.158 e. The summed E-state index contributed by atoms with van der Waals surface area (Å²) in [6, 6.07) is 0. The van der Waals surface area contributed by atoms with E-state index >= 15 is 0 Å². The highest BCUT2D eigenvalue weighted by Gasteiger charge is 2.13. The number of hydrogen-bond acceptors (Lipinski definition) is 2. The highest BCUT2D eigenvalue weighted by atomic mass is 16.7. The van der Waals surface area contributed by atoms with Gasteiger partial charge in [-0.3, -0.25) is 0 Å². The van der Waals surface area contributed by atoms with E-state index in [1.54, 1.807) is 0 Å². The standard InChI is InChI=1S/C7H12O2/c1-2-8-7-5-3-4-6-9-7/h7H,2-5H2,1H3. The molecule has 0 spiro atoms. The first-order chi connectivity index (χ1) is 4.43. The molecule has 1 rings (SSSR count). The fourth-order valence-corrected chi connectivity index (χ4v) is 0.855. The molecule has 1 heterocycles. The van der Waals surface area contributed by atoms with Crippen LogP contribution in [0.4, 0.5) is 0 Å². The van der Waals surface area contributed by atoms with E-state index in [0.717, 1.165) is 25.9 Å². The van der Waals surface area contributed by atoms with E-state index in [-0.39, 0.29) is 6.29 Å². The first-order valence-electron chi connectivity index (χ1n) is 3.43. The zero-order valence-electron chi connectivity index (χ0n) is 5.72. The Morgan fingerprint density at radius 1 is 1.78 bits per heavy atom. The summed E-state index contributed by atoms with van der Waals surface area (Å²) in [4.78, 5) is 0. The van der Waals surface area contributed by atoms with Crippen LogP contribution in [0.1, 0.15) is 26.2 Å². The third-order valence-corrected chi connectivity index (χ3v) is 1.29. The SMILES string of the molecule is CCOC1CCC[C]O1. The molecule has 0 aromatic rings. The highest BCUT2D eigenvalue weighted by Crippen LogP contribution is 2.15. The van der Waals surface area contributed by atoms with Crippen LogP contribution in [0, 0.1) is 6.61 Å². The molecule has 2 radical (unpaired) electrons. The van der Waals surface area contributed by atoms with Crippen molar-refractivity contribution in [3.8, 4) is 0 Å². The molecule has 1 atom stereocenters. The average Bonchev–Trinajstić information content (AvgIpc) is 1.91. The molecule has 0 aromatic heterocycles. The lowest BCUT2D eigenvalue weighted by Crippen LogP contribution is -2.19. The van der Waals surface area contributed by atoms with E-state index in [0.29, 0.717) is 0 Å². The fraction of sp³-hybridized carbons (Fsp3) is 0.857. The van der Waals surface area contributed by atoms with Crippen molar-refractivity contribution >= 4 is 0 Å². The van der Waals surface area contributed by atoms with Crippen LogP contribution < -0.4 is 0 Å². The van der Waals surface area contributed by atoms with E-state index in [1.807, 2.05) is 6.92 Å². The largest absolute Gasteiger partial charge is 0.353 e. The predicted molar refractivity (Wildman–Crippen MR) is 33.6 cm³/mol. The molecule has 0 aliphatic carbocycles. The van der Waals surface area contributed by atoms with Gasteiger partial charge in [0.2, 0.25) is 0 Å². The molecule has 1 saturated heterocycles. The van der Waals surface area contributed by atoms with Crippen LogP contribution in [0.2, 0.25) is 0 Å². The van der Waals surface area contributed by atoms with Crippen molar-refractivity contribution in [2.45, 2.75) is 32.5 Å². The Balaban J connectivity index is 2.08. The zero-order valence-corrected chi connectivity index (χ0v) is 5.72. The maximum absolute atomic E-state index is 5.20. The summed E-state index contributed by atoms with van der Waals surface area (Å²) in [7, 11) is 0. The predicted octanol–water partition coefficient (Wildman–Crippen LogP) is 1.59. The first kappa shape index (κ1) is 7.03. The van der Waals surface area contributed by atoms with Gasteiger partial charge in [0.15, 0.2) is 6.29 Å². The summed E-state index contributed by atoms with van der Waals surface area (Å²) in [6.45, 7) is 5.49. The first-order valence-corrected chi connectivity index (χ1v) is 3.43. The highest BCUT2D eigenvalue weighted by molar-refractivity contribution is 4.61. The van der Waals surface area contributed by atoms with Crippen molar-refractivity contribution < 1.29 is 9.47 Å². The second-order valence-corrected chi connectivity index (χ2v) is 2.04. The summed E-state index contributed by atoms with van der Waals surface area (Å²) < 4.78 is 10.2. The number of ether oxygens (including phenoxy) is 2. The second-order valence-electron chi connectivity index (χ2n) is 2.04. The minimum absolute atomic E-state index is 0.0104. The van der Waals surface area contributed by atoms with Gasteiger partial charge in [-0.2, -0.15) is 0 Å². The normalized spacial score (nSPS) is 28.3. The Morgan fingerprint density at radius 2 is 2.67 bits per heavy atom. The minimum atomic E-state index is -0.0104. The van der Waals surface area contributed by atoms with Gasteiger partial charge in [0.1, 0.15) is 6.61 Å². The summed E-state index contributed by atoms with van der Waals surface area (Å²) >= 11 is 0. The Kier molecular flexibility index (Phi) is 3.01. The lowest BCUT2D eigenvalue weighted by Gasteiger charge is -2.20. The third kappa shape index (κ3) is 2.33. The maximum atomic E-state index is 5.20. The Morgan fingerprint density at radius 3 is 3.22 bits per heavy atom. The molecule has 1 aliphatic heterocycles. The molecule has 9 heavy (non-hydrogen) atoms. The molecule has 0 amide bonds. The van der Waals surface area contributed by atoms with Crippen LogP contribution in [-0.4, -0.2) is 12.9 Å². The molecule has 2 nitrogen and oxygen atoms in total. The summed E-state index contributed by atoms with van der Waals surface area (Å²) in [6.07, 6.45) is 3.10. The van der Waals surface area contributed by atoms with Crippen LogP contribution in [-0.2, 0) is 9.47 Å². The summed E-state index contributed by atoms with van der Waals surface area (Å²) in [5.41, 5.74) is 0. The zero-order chi connectivity index (χ0) is 6.53. The molecule has 0 saturated carbocycles. The van der Waals surface area contributed by atoms with Gasteiger partial charge in [-0.15, -0.1) is 0 Å². The molecule has 1 aliphatic rings.